The molecule has 0 radical (unpaired) electrons. The molecule has 0 bridgehead atoms. The van der Waals surface area contributed by atoms with Gasteiger partial charge in [-0.1, -0.05) is 0 Å². The Hall–Kier alpha value is -2.32. The fraction of sp³-hybridized carbons (Fsp3) is 0. The third kappa shape index (κ3) is 2.92. The molecule has 2 aromatic rings. The summed E-state index contributed by atoms with van der Waals surface area (Å²) in [6.45, 7) is 0. The second kappa shape index (κ2) is 4.75. The Morgan fingerprint density at radius 2 is 2.05 bits per heavy atom. The van der Waals surface area contributed by atoms with E-state index in [0.29, 0.717) is 5.88 Å². The van der Waals surface area contributed by atoms with E-state index in [1.807, 2.05) is 0 Å². The number of sulfonamides is 1. The molecule has 0 aliphatic carbocycles. The zero-order valence-electron chi connectivity index (χ0n) is 9.53. The van der Waals surface area contributed by atoms with Crippen LogP contribution in [-0.2, 0) is 10.0 Å². The van der Waals surface area contributed by atoms with Gasteiger partial charge in [-0.2, -0.15) is 0 Å². The van der Waals surface area contributed by atoms with Crippen LogP contribution in [0.5, 0.6) is 0 Å². The quantitative estimate of drug-likeness (QED) is 0.778. The van der Waals surface area contributed by atoms with Gasteiger partial charge < -0.3 is 14.8 Å². The van der Waals surface area contributed by atoms with Crippen LogP contribution in [0.25, 0.3) is 0 Å². The standard InChI is InChI=1S/C11H10N2O5S/c12-19(16,17)7-3-4-9(8(6-7)11(14)15)13-10-2-1-5-18-10/h1-6,13H,(H,14,15)(H2,12,16,17). The molecule has 0 atom stereocenters. The minimum Gasteiger partial charge on any atom is -0.478 e. The molecular formula is C11H10N2O5S. The summed E-state index contributed by atoms with van der Waals surface area (Å²) in [7, 11) is -3.95. The summed E-state index contributed by atoms with van der Waals surface area (Å²) in [5.41, 5.74) is -0.0159. The highest BCUT2D eigenvalue weighted by Gasteiger charge is 2.16. The number of benzene rings is 1. The van der Waals surface area contributed by atoms with E-state index in [0.717, 1.165) is 6.07 Å². The van der Waals surface area contributed by atoms with Gasteiger partial charge in [-0.15, -0.1) is 0 Å². The van der Waals surface area contributed by atoms with E-state index < -0.39 is 16.0 Å². The summed E-state index contributed by atoms with van der Waals surface area (Å²) in [6, 6.07) is 6.74. The van der Waals surface area contributed by atoms with E-state index in [1.165, 1.54) is 18.4 Å². The number of nitrogens with one attached hydrogen (secondary N) is 1. The van der Waals surface area contributed by atoms with Crippen LogP contribution in [0.15, 0.2) is 45.9 Å². The van der Waals surface area contributed by atoms with Crippen molar-refractivity contribution in [2.24, 2.45) is 5.14 Å². The predicted octanol–water partition coefficient (Wildman–Crippen LogP) is 1.37. The van der Waals surface area contributed by atoms with Crippen LogP contribution < -0.4 is 10.5 Å². The number of furan rings is 1. The van der Waals surface area contributed by atoms with Gasteiger partial charge in [0.05, 0.1) is 22.4 Å². The molecule has 8 heteroatoms. The number of aromatic carboxylic acids is 1. The molecule has 0 amide bonds. The van der Waals surface area contributed by atoms with Crippen molar-refractivity contribution in [3.05, 3.63) is 42.2 Å². The van der Waals surface area contributed by atoms with Gasteiger partial charge in [-0.3, -0.25) is 0 Å². The van der Waals surface area contributed by atoms with Crippen molar-refractivity contribution in [1.82, 2.24) is 0 Å². The number of rotatable bonds is 4. The normalized spacial score (nSPS) is 11.2. The van der Waals surface area contributed by atoms with Crippen LogP contribution in [0.1, 0.15) is 10.4 Å². The zero-order chi connectivity index (χ0) is 14.0. The molecule has 2 rings (SSSR count). The molecule has 0 fully saturated rings. The molecule has 19 heavy (non-hydrogen) atoms. The molecule has 4 N–H and O–H groups in total. The molecule has 1 heterocycles. The van der Waals surface area contributed by atoms with Gasteiger partial charge in [0.25, 0.3) is 0 Å². The van der Waals surface area contributed by atoms with Crippen LogP contribution in [-0.4, -0.2) is 19.5 Å². The highest BCUT2D eigenvalue weighted by molar-refractivity contribution is 7.89. The lowest BCUT2D eigenvalue weighted by Crippen LogP contribution is -2.13. The highest BCUT2D eigenvalue weighted by Crippen LogP contribution is 2.24. The average molecular weight is 282 g/mol. The molecule has 0 aliphatic rings. The molecule has 1 aromatic heterocycles. The number of hydrogen-bond acceptors (Lipinski definition) is 5. The number of hydrogen-bond donors (Lipinski definition) is 3. The van der Waals surface area contributed by atoms with Gasteiger partial charge in [0.2, 0.25) is 10.0 Å². The van der Waals surface area contributed by atoms with E-state index in [1.54, 1.807) is 12.1 Å². The molecular weight excluding hydrogens is 272 g/mol. The fourth-order valence-corrected chi connectivity index (χ4v) is 2.01. The first-order valence-electron chi connectivity index (χ1n) is 5.08. The van der Waals surface area contributed by atoms with Crippen LogP contribution in [0.3, 0.4) is 0 Å². The molecule has 0 spiro atoms. The van der Waals surface area contributed by atoms with Crippen LogP contribution >= 0.6 is 0 Å². The first-order chi connectivity index (χ1) is 8.88. The van der Waals surface area contributed by atoms with Gasteiger partial charge in [0.15, 0.2) is 5.88 Å². The van der Waals surface area contributed by atoms with Crippen molar-refractivity contribution in [3.63, 3.8) is 0 Å². The minimum absolute atomic E-state index is 0.204. The number of carbonyl (C=O) groups is 1. The molecule has 100 valence electrons. The van der Waals surface area contributed by atoms with Gasteiger partial charge in [-0.25, -0.2) is 18.4 Å². The van der Waals surface area contributed by atoms with E-state index in [-0.39, 0.29) is 16.1 Å². The maximum atomic E-state index is 11.2. The number of nitrogens with two attached hydrogens (primary N) is 1. The van der Waals surface area contributed by atoms with Gasteiger partial charge in [-0.05, 0) is 24.3 Å². The second-order valence-electron chi connectivity index (χ2n) is 3.66. The first-order valence-corrected chi connectivity index (χ1v) is 6.63. The fourth-order valence-electron chi connectivity index (χ4n) is 1.47. The number of carboxylic acids is 1. The van der Waals surface area contributed by atoms with Crippen LogP contribution in [0, 0.1) is 0 Å². The molecule has 0 saturated heterocycles. The Morgan fingerprint density at radius 1 is 1.32 bits per heavy atom. The zero-order valence-corrected chi connectivity index (χ0v) is 10.3. The predicted molar refractivity (Wildman–Crippen MR) is 66.8 cm³/mol. The van der Waals surface area contributed by atoms with E-state index in [2.05, 4.69) is 5.32 Å². The van der Waals surface area contributed by atoms with Crippen LogP contribution in [0.2, 0.25) is 0 Å². The van der Waals surface area contributed by atoms with Gasteiger partial charge >= 0.3 is 5.97 Å². The van der Waals surface area contributed by atoms with E-state index in [4.69, 9.17) is 14.7 Å². The van der Waals surface area contributed by atoms with Crippen molar-refractivity contribution in [3.8, 4) is 0 Å². The molecule has 0 unspecified atom stereocenters. The largest absolute Gasteiger partial charge is 0.478 e. The third-order valence-electron chi connectivity index (χ3n) is 2.33. The monoisotopic (exact) mass is 282 g/mol. The number of carboxylic acid groups (broad SMARTS) is 1. The maximum absolute atomic E-state index is 11.2. The van der Waals surface area contributed by atoms with Crippen molar-refractivity contribution >= 4 is 27.6 Å². The summed E-state index contributed by atoms with van der Waals surface area (Å²) in [5, 5.41) is 16.8. The molecule has 0 saturated carbocycles. The smallest absolute Gasteiger partial charge is 0.337 e. The first kappa shape index (κ1) is 13.1. The average Bonchev–Trinajstić information content (AvgIpc) is 2.80. The lowest BCUT2D eigenvalue weighted by atomic mass is 10.2. The minimum atomic E-state index is -3.95. The lowest BCUT2D eigenvalue weighted by molar-refractivity contribution is 0.0697. The van der Waals surface area contributed by atoms with Gasteiger partial charge in [0, 0.05) is 6.07 Å². The molecule has 7 nitrogen and oxygen atoms in total. The summed E-state index contributed by atoms with van der Waals surface area (Å²) in [5.74, 6) is -0.939. The Balaban J connectivity index is 2.47. The lowest BCUT2D eigenvalue weighted by Gasteiger charge is -2.08. The SMILES string of the molecule is NS(=O)(=O)c1ccc(Nc2ccco2)c(C(=O)O)c1. The molecule has 1 aromatic carbocycles. The Labute approximate surface area is 108 Å². The second-order valence-corrected chi connectivity index (χ2v) is 5.22. The van der Waals surface area contributed by atoms with Gasteiger partial charge in [0.1, 0.15) is 0 Å². The Bertz CT molecular complexity index is 707. The summed E-state index contributed by atoms with van der Waals surface area (Å²) >= 11 is 0. The highest BCUT2D eigenvalue weighted by atomic mass is 32.2. The van der Waals surface area contributed by atoms with E-state index >= 15 is 0 Å². The van der Waals surface area contributed by atoms with Crippen molar-refractivity contribution in [1.29, 1.82) is 0 Å². The third-order valence-corrected chi connectivity index (χ3v) is 3.24. The molecule has 0 aliphatic heterocycles. The Morgan fingerprint density at radius 3 is 2.58 bits per heavy atom. The summed E-state index contributed by atoms with van der Waals surface area (Å²) in [6.07, 6.45) is 1.42. The van der Waals surface area contributed by atoms with Crippen molar-refractivity contribution in [2.45, 2.75) is 4.90 Å². The van der Waals surface area contributed by atoms with Crippen molar-refractivity contribution in [2.75, 3.05) is 5.32 Å². The Kier molecular flexibility index (Phi) is 3.28. The van der Waals surface area contributed by atoms with E-state index in [9.17, 15) is 13.2 Å². The van der Waals surface area contributed by atoms with Crippen LogP contribution in [0.4, 0.5) is 11.6 Å². The number of primary sulfonamides is 1. The maximum Gasteiger partial charge on any atom is 0.337 e. The van der Waals surface area contributed by atoms with Crippen molar-refractivity contribution < 1.29 is 22.7 Å². The summed E-state index contributed by atoms with van der Waals surface area (Å²) < 4.78 is 27.4. The topological polar surface area (TPSA) is 123 Å². The summed E-state index contributed by atoms with van der Waals surface area (Å²) in [4.78, 5) is 10.9. The number of anilines is 2.